The third kappa shape index (κ3) is 6.67. The SMILES string of the molecule is CCCN(CCCNC(=O)OC(C)(C)C)C(=O)C1=Cc2sccc2N=C(N)C1. The van der Waals surface area contributed by atoms with Crippen LogP contribution in [0.25, 0.3) is 6.08 Å². The van der Waals surface area contributed by atoms with Gasteiger partial charge in [-0.2, -0.15) is 0 Å². The highest BCUT2D eigenvalue weighted by atomic mass is 32.1. The first-order chi connectivity index (χ1) is 13.2. The highest BCUT2D eigenvalue weighted by Crippen LogP contribution is 2.31. The molecular weight excluding hydrogens is 376 g/mol. The normalized spacial score (nSPS) is 13.7. The van der Waals surface area contributed by atoms with E-state index in [2.05, 4.69) is 10.3 Å². The van der Waals surface area contributed by atoms with Crippen molar-refractivity contribution in [3.8, 4) is 0 Å². The summed E-state index contributed by atoms with van der Waals surface area (Å²) < 4.78 is 5.22. The van der Waals surface area contributed by atoms with E-state index < -0.39 is 11.7 Å². The van der Waals surface area contributed by atoms with Gasteiger partial charge in [0, 0.05) is 31.6 Å². The van der Waals surface area contributed by atoms with Crippen molar-refractivity contribution in [2.45, 2.75) is 52.6 Å². The number of carbonyl (C=O) groups excluding carboxylic acids is 2. The number of thiophene rings is 1. The van der Waals surface area contributed by atoms with Crippen molar-refractivity contribution in [3.63, 3.8) is 0 Å². The molecule has 0 bridgehead atoms. The lowest BCUT2D eigenvalue weighted by atomic mass is 10.1. The number of fused-ring (bicyclic) bond motifs is 1. The molecule has 3 N–H and O–H groups in total. The second-order valence-corrected chi connectivity index (χ2v) is 8.64. The van der Waals surface area contributed by atoms with Crippen LogP contribution in [0.3, 0.4) is 0 Å². The molecule has 1 aromatic rings. The molecule has 1 aliphatic heterocycles. The molecule has 0 aliphatic carbocycles. The number of rotatable bonds is 7. The van der Waals surface area contributed by atoms with Gasteiger partial charge < -0.3 is 20.7 Å². The number of nitrogens with zero attached hydrogens (tertiary/aromatic N) is 2. The summed E-state index contributed by atoms with van der Waals surface area (Å²) in [6.07, 6.45) is 3.30. The van der Waals surface area contributed by atoms with E-state index in [9.17, 15) is 9.59 Å². The number of nitrogens with one attached hydrogen (secondary N) is 1. The molecule has 0 radical (unpaired) electrons. The molecule has 154 valence electrons. The van der Waals surface area contributed by atoms with Gasteiger partial charge in [0.15, 0.2) is 0 Å². The molecule has 1 aromatic heterocycles. The summed E-state index contributed by atoms with van der Waals surface area (Å²) in [7, 11) is 0. The van der Waals surface area contributed by atoms with Crippen LogP contribution in [0.5, 0.6) is 0 Å². The molecule has 0 atom stereocenters. The van der Waals surface area contributed by atoms with Crippen molar-refractivity contribution in [3.05, 3.63) is 21.9 Å². The van der Waals surface area contributed by atoms with Crippen LogP contribution in [0.1, 0.15) is 51.8 Å². The second kappa shape index (κ2) is 9.73. The lowest BCUT2D eigenvalue weighted by Crippen LogP contribution is -2.37. The van der Waals surface area contributed by atoms with Gasteiger partial charge in [-0.15, -0.1) is 11.3 Å². The minimum atomic E-state index is -0.525. The summed E-state index contributed by atoms with van der Waals surface area (Å²) in [6.45, 7) is 9.15. The van der Waals surface area contributed by atoms with Gasteiger partial charge in [0.1, 0.15) is 11.4 Å². The summed E-state index contributed by atoms with van der Waals surface area (Å²) in [5.74, 6) is 0.415. The fourth-order valence-electron chi connectivity index (χ4n) is 2.81. The largest absolute Gasteiger partial charge is 0.444 e. The van der Waals surface area contributed by atoms with Crippen LogP contribution in [-0.2, 0) is 9.53 Å². The summed E-state index contributed by atoms with van der Waals surface area (Å²) in [6, 6.07) is 1.91. The lowest BCUT2D eigenvalue weighted by Gasteiger charge is -2.24. The molecule has 0 aromatic carbocycles. The fourth-order valence-corrected chi connectivity index (χ4v) is 3.60. The average Bonchev–Trinajstić information content (AvgIpc) is 2.94. The maximum atomic E-state index is 13.1. The van der Waals surface area contributed by atoms with Gasteiger partial charge in [0.2, 0.25) is 5.91 Å². The van der Waals surface area contributed by atoms with Crippen LogP contribution in [0.15, 0.2) is 22.0 Å². The number of ether oxygens (including phenoxy) is 1. The number of hydrogen-bond donors (Lipinski definition) is 2. The standard InChI is InChI=1S/C20H30N4O3S/c1-5-9-24(10-6-8-22-19(26)27-20(2,3)4)18(25)14-12-16-15(7-11-28-16)23-17(21)13-14/h7,11-12H,5-6,8-10,13H2,1-4H3,(H2,21,23)(H,22,26). The van der Waals surface area contributed by atoms with Crippen LogP contribution in [0.4, 0.5) is 10.5 Å². The molecule has 2 heterocycles. The number of carbonyl (C=O) groups is 2. The predicted octanol–water partition coefficient (Wildman–Crippen LogP) is 3.68. The van der Waals surface area contributed by atoms with E-state index in [-0.39, 0.29) is 5.91 Å². The van der Waals surface area contributed by atoms with E-state index in [0.717, 1.165) is 17.0 Å². The van der Waals surface area contributed by atoms with Crippen molar-refractivity contribution < 1.29 is 14.3 Å². The zero-order chi connectivity index (χ0) is 20.7. The summed E-state index contributed by atoms with van der Waals surface area (Å²) in [5, 5.41) is 4.67. The number of aliphatic imine (C=N–C) groups is 1. The van der Waals surface area contributed by atoms with Crippen LogP contribution in [0.2, 0.25) is 0 Å². The van der Waals surface area contributed by atoms with Gasteiger partial charge in [-0.25, -0.2) is 9.79 Å². The van der Waals surface area contributed by atoms with Gasteiger partial charge in [0.25, 0.3) is 0 Å². The fraction of sp³-hybridized carbons (Fsp3) is 0.550. The first kappa shape index (κ1) is 21.9. The zero-order valence-electron chi connectivity index (χ0n) is 17.1. The molecule has 8 heteroatoms. The van der Waals surface area contributed by atoms with E-state index in [1.165, 1.54) is 0 Å². The minimum Gasteiger partial charge on any atom is -0.444 e. The molecule has 0 saturated carbocycles. The third-order valence-electron chi connectivity index (χ3n) is 3.94. The number of alkyl carbamates (subject to hydrolysis) is 1. The molecule has 7 nitrogen and oxygen atoms in total. The van der Waals surface area contributed by atoms with Crippen LogP contribution in [-0.4, -0.2) is 48.0 Å². The molecule has 0 spiro atoms. The molecule has 0 fully saturated rings. The Morgan fingerprint density at radius 2 is 2.11 bits per heavy atom. The molecular formula is C20H30N4O3S. The monoisotopic (exact) mass is 406 g/mol. The molecule has 1 aliphatic rings. The number of hydrogen-bond acceptors (Lipinski definition) is 6. The topological polar surface area (TPSA) is 97.0 Å². The van der Waals surface area contributed by atoms with E-state index in [0.29, 0.717) is 43.9 Å². The zero-order valence-corrected chi connectivity index (χ0v) is 17.9. The molecule has 2 amide bonds. The Labute approximate surface area is 170 Å². The van der Waals surface area contributed by atoms with Gasteiger partial charge in [0.05, 0.1) is 10.6 Å². The first-order valence-corrected chi connectivity index (χ1v) is 10.4. The Balaban J connectivity index is 1.95. The van der Waals surface area contributed by atoms with Gasteiger partial charge >= 0.3 is 6.09 Å². The lowest BCUT2D eigenvalue weighted by molar-refractivity contribution is -0.127. The van der Waals surface area contributed by atoms with Gasteiger partial charge in [-0.1, -0.05) is 6.92 Å². The van der Waals surface area contributed by atoms with Crippen molar-refractivity contribution in [1.82, 2.24) is 10.2 Å². The van der Waals surface area contributed by atoms with E-state index in [4.69, 9.17) is 10.5 Å². The highest BCUT2D eigenvalue weighted by molar-refractivity contribution is 7.11. The van der Waals surface area contributed by atoms with Crippen LogP contribution in [0, 0.1) is 0 Å². The Bertz CT molecular complexity index is 762. The molecule has 0 saturated heterocycles. The van der Waals surface area contributed by atoms with Crippen molar-refractivity contribution in [2.75, 3.05) is 19.6 Å². The number of amidine groups is 1. The van der Waals surface area contributed by atoms with Crippen molar-refractivity contribution >= 4 is 40.9 Å². The summed E-state index contributed by atoms with van der Waals surface area (Å²) in [5.41, 5.74) is 6.94. The predicted molar refractivity (Wildman–Crippen MR) is 114 cm³/mol. The van der Waals surface area contributed by atoms with Crippen LogP contribution < -0.4 is 11.1 Å². The molecule has 28 heavy (non-hydrogen) atoms. The Hall–Kier alpha value is -2.35. The third-order valence-corrected chi connectivity index (χ3v) is 4.80. The quantitative estimate of drug-likeness (QED) is 0.675. The average molecular weight is 407 g/mol. The number of amides is 2. The Kier molecular flexibility index (Phi) is 7.62. The Morgan fingerprint density at radius 1 is 1.36 bits per heavy atom. The summed E-state index contributed by atoms with van der Waals surface area (Å²) in [4.78, 5) is 31.9. The summed E-state index contributed by atoms with van der Waals surface area (Å²) >= 11 is 1.54. The Morgan fingerprint density at radius 3 is 2.79 bits per heavy atom. The van der Waals surface area contributed by atoms with E-state index in [1.807, 2.05) is 50.1 Å². The van der Waals surface area contributed by atoms with E-state index in [1.54, 1.807) is 11.3 Å². The number of nitrogens with two attached hydrogens (primary N) is 1. The second-order valence-electron chi connectivity index (χ2n) is 7.69. The maximum absolute atomic E-state index is 13.1. The molecule has 0 unspecified atom stereocenters. The van der Waals surface area contributed by atoms with Gasteiger partial charge in [-0.3, -0.25) is 4.79 Å². The van der Waals surface area contributed by atoms with E-state index >= 15 is 0 Å². The first-order valence-electron chi connectivity index (χ1n) is 9.57. The smallest absolute Gasteiger partial charge is 0.407 e. The minimum absolute atomic E-state index is 0.0291. The van der Waals surface area contributed by atoms with Crippen molar-refractivity contribution in [2.24, 2.45) is 10.7 Å². The van der Waals surface area contributed by atoms with Crippen molar-refractivity contribution in [1.29, 1.82) is 0 Å². The maximum Gasteiger partial charge on any atom is 0.407 e. The van der Waals surface area contributed by atoms with Crippen LogP contribution >= 0.6 is 11.3 Å². The highest BCUT2D eigenvalue weighted by Gasteiger charge is 2.21. The van der Waals surface area contributed by atoms with Gasteiger partial charge in [-0.05, 0) is 51.1 Å². The molecule has 2 rings (SSSR count).